The number of anilines is 2. The van der Waals surface area contributed by atoms with Crippen molar-refractivity contribution in [2.45, 2.75) is 39.2 Å². The first kappa shape index (κ1) is 19.3. The van der Waals surface area contributed by atoms with E-state index in [2.05, 4.69) is 53.5 Å². The molecule has 1 aliphatic rings. The molecule has 0 aliphatic carbocycles. The molecular weight excluding hydrogens is 334 g/mol. The average molecular weight is 366 g/mol. The van der Waals surface area contributed by atoms with Crippen LogP contribution in [0.15, 0.2) is 48.5 Å². The van der Waals surface area contributed by atoms with E-state index in [1.807, 2.05) is 24.1 Å². The van der Waals surface area contributed by atoms with Crippen molar-refractivity contribution in [3.8, 4) is 0 Å². The highest BCUT2D eigenvalue weighted by Gasteiger charge is 2.12. The first-order valence-corrected chi connectivity index (χ1v) is 10.0. The number of carbonyl (C=O) groups excluding carboxylic acids is 1. The first-order chi connectivity index (χ1) is 13.1. The summed E-state index contributed by atoms with van der Waals surface area (Å²) in [5, 5.41) is 3.31. The van der Waals surface area contributed by atoms with Crippen LogP contribution in [0.25, 0.3) is 0 Å². The van der Waals surface area contributed by atoms with E-state index >= 15 is 0 Å². The molecule has 0 spiro atoms. The van der Waals surface area contributed by atoms with Gasteiger partial charge in [0.2, 0.25) is 5.91 Å². The van der Waals surface area contributed by atoms with Gasteiger partial charge < -0.3 is 15.1 Å². The Hall–Kier alpha value is -2.49. The Bertz CT molecular complexity index is 718. The van der Waals surface area contributed by atoms with Crippen molar-refractivity contribution in [2.75, 3.05) is 36.9 Å². The minimum Gasteiger partial charge on any atom is -0.385 e. The molecule has 4 nitrogen and oxygen atoms in total. The molecule has 1 amide bonds. The summed E-state index contributed by atoms with van der Waals surface area (Å²) in [5.41, 5.74) is 4.78. The molecule has 2 aromatic rings. The number of benzene rings is 2. The van der Waals surface area contributed by atoms with Crippen molar-refractivity contribution in [2.24, 2.45) is 0 Å². The second-order valence-electron chi connectivity index (χ2n) is 7.51. The number of piperidine rings is 1. The fraction of sp³-hybridized carbons (Fsp3) is 0.435. The highest BCUT2D eigenvalue weighted by Crippen LogP contribution is 2.20. The second-order valence-corrected chi connectivity index (χ2v) is 7.51. The van der Waals surface area contributed by atoms with E-state index < -0.39 is 0 Å². The molecule has 0 atom stereocenters. The maximum atomic E-state index is 12.4. The lowest BCUT2D eigenvalue weighted by molar-refractivity contribution is -0.130. The monoisotopic (exact) mass is 365 g/mol. The van der Waals surface area contributed by atoms with Crippen molar-refractivity contribution in [1.82, 2.24) is 4.90 Å². The SMILES string of the molecule is Cc1ccc(NCCC(=O)N(C)Cc2ccc(N3CCCCC3)cc2)cc1. The van der Waals surface area contributed by atoms with Gasteiger partial charge in [-0.3, -0.25) is 4.79 Å². The largest absolute Gasteiger partial charge is 0.385 e. The Labute approximate surface area is 163 Å². The fourth-order valence-corrected chi connectivity index (χ4v) is 3.50. The maximum Gasteiger partial charge on any atom is 0.224 e. The van der Waals surface area contributed by atoms with E-state index in [0.717, 1.165) is 18.8 Å². The van der Waals surface area contributed by atoms with Gasteiger partial charge in [0.25, 0.3) is 0 Å². The molecule has 27 heavy (non-hydrogen) atoms. The molecule has 0 saturated carbocycles. The molecule has 3 rings (SSSR count). The molecule has 0 unspecified atom stereocenters. The van der Waals surface area contributed by atoms with Gasteiger partial charge in [-0.2, -0.15) is 0 Å². The van der Waals surface area contributed by atoms with Gasteiger partial charge in [0.05, 0.1) is 0 Å². The van der Waals surface area contributed by atoms with Gasteiger partial charge in [0.15, 0.2) is 0 Å². The van der Waals surface area contributed by atoms with Crippen LogP contribution in [0.1, 0.15) is 36.8 Å². The van der Waals surface area contributed by atoms with Crippen LogP contribution in [0.2, 0.25) is 0 Å². The van der Waals surface area contributed by atoms with Gasteiger partial charge in [-0.1, -0.05) is 29.8 Å². The molecule has 1 N–H and O–H groups in total. The number of amides is 1. The van der Waals surface area contributed by atoms with Crippen molar-refractivity contribution < 1.29 is 4.79 Å². The highest BCUT2D eigenvalue weighted by molar-refractivity contribution is 5.76. The molecule has 4 heteroatoms. The number of aryl methyl sites for hydroxylation is 1. The van der Waals surface area contributed by atoms with E-state index in [1.165, 1.54) is 36.1 Å². The third-order valence-electron chi connectivity index (χ3n) is 5.22. The molecule has 1 fully saturated rings. The summed E-state index contributed by atoms with van der Waals surface area (Å²) in [6, 6.07) is 16.9. The van der Waals surface area contributed by atoms with Crippen molar-refractivity contribution >= 4 is 17.3 Å². The van der Waals surface area contributed by atoms with Crippen molar-refractivity contribution in [3.05, 3.63) is 59.7 Å². The summed E-state index contributed by atoms with van der Waals surface area (Å²) in [7, 11) is 1.88. The molecule has 0 bridgehead atoms. The highest BCUT2D eigenvalue weighted by atomic mass is 16.2. The zero-order chi connectivity index (χ0) is 19.1. The number of nitrogens with one attached hydrogen (secondary N) is 1. The van der Waals surface area contributed by atoms with Crippen LogP contribution >= 0.6 is 0 Å². The lowest BCUT2D eigenvalue weighted by Crippen LogP contribution is -2.29. The lowest BCUT2D eigenvalue weighted by Gasteiger charge is -2.29. The third kappa shape index (κ3) is 5.75. The summed E-state index contributed by atoms with van der Waals surface area (Å²) >= 11 is 0. The predicted octanol–water partition coefficient (Wildman–Crippen LogP) is 4.45. The van der Waals surface area contributed by atoms with Gasteiger partial charge in [-0.25, -0.2) is 0 Å². The Morgan fingerprint density at radius 1 is 1.00 bits per heavy atom. The van der Waals surface area contributed by atoms with E-state index in [4.69, 9.17) is 0 Å². The van der Waals surface area contributed by atoms with Crippen molar-refractivity contribution in [3.63, 3.8) is 0 Å². The summed E-state index contributed by atoms with van der Waals surface area (Å²) in [5.74, 6) is 0.162. The van der Waals surface area contributed by atoms with Gasteiger partial charge in [0, 0.05) is 51.0 Å². The summed E-state index contributed by atoms with van der Waals surface area (Å²) in [6.45, 7) is 5.70. The van der Waals surface area contributed by atoms with Crippen LogP contribution in [-0.4, -0.2) is 37.5 Å². The minimum absolute atomic E-state index is 0.162. The average Bonchev–Trinajstić information content (AvgIpc) is 2.70. The van der Waals surface area contributed by atoms with Crippen LogP contribution in [0.3, 0.4) is 0 Å². The van der Waals surface area contributed by atoms with Crippen LogP contribution in [0, 0.1) is 6.92 Å². The number of nitrogens with zero attached hydrogens (tertiary/aromatic N) is 2. The van der Waals surface area contributed by atoms with Gasteiger partial charge in [-0.15, -0.1) is 0 Å². The molecule has 0 radical (unpaired) electrons. The Kier molecular flexibility index (Phi) is 6.74. The van der Waals surface area contributed by atoms with E-state index in [9.17, 15) is 4.79 Å². The Morgan fingerprint density at radius 2 is 1.67 bits per heavy atom. The Morgan fingerprint density at radius 3 is 2.33 bits per heavy atom. The maximum absolute atomic E-state index is 12.4. The first-order valence-electron chi connectivity index (χ1n) is 10.0. The van der Waals surface area contributed by atoms with Gasteiger partial charge in [-0.05, 0) is 56.0 Å². The topological polar surface area (TPSA) is 35.6 Å². The second kappa shape index (κ2) is 9.45. The fourth-order valence-electron chi connectivity index (χ4n) is 3.50. The molecule has 2 aromatic carbocycles. The third-order valence-corrected chi connectivity index (χ3v) is 5.22. The number of hydrogen-bond donors (Lipinski definition) is 1. The summed E-state index contributed by atoms with van der Waals surface area (Å²) < 4.78 is 0. The predicted molar refractivity (Wildman–Crippen MR) is 113 cm³/mol. The van der Waals surface area contributed by atoms with Crippen LogP contribution < -0.4 is 10.2 Å². The number of carbonyl (C=O) groups is 1. The normalized spacial score (nSPS) is 14.1. The van der Waals surface area contributed by atoms with E-state index in [0.29, 0.717) is 19.5 Å². The molecular formula is C23H31N3O. The van der Waals surface area contributed by atoms with Gasteiger partial charge in [0.1, 0.15) is 0 Å². The number of hydrogen-bond acceptors (Lipinski definition) is 3. The van der Waals surface area contributed by atoms with E-state index in [1.54, 1.807) is 0 Å². The van der Waals surface area contributed by atoms with Crippen LogP contribution in [0.4, 0.5) is 11.4 Å². The molecule has 1 saturated heterocycles. The zero-order valence-electron chi connectivity index (χ0n) is 16.6. The standard InChI is InChI=1S/C23H31N3O/c1-19-6-10-21(11-7-19)24-15-14-23(27)25(2)18-20-8-12-22(13-9-20)26-16-4-3-5-17-26/h6-13,24H,3-5,14-18H2,1-2H3. The molecule has 144 valence electrons. The van der Waals surface area contributed by atoms with Crippen LogP contribution in [0.5, 0.6) is 0 Å². The van der Waals surface area contributed by atoms with Crippen molar-refractivity contribution in [1.29, 1.82) is 0 Å². The smallest absolute Gasteiger partial charge is 0.224 e. The quantitative estimate of drug-likeness (QED) is 0.787. The minimum atomic E-state index is 0.162. The zero-order valence-corrected chi connectivity index (χ0v) is 16.6. The summed E-state index contributed by atoms with van der Waals surface area (Å²) in [4.78, 5) is 16.7. The lowest BCUT2D eigenvalue weighted by atomic mass is 10.1. The van der Waals surface area contributed by atoms with Crippen LogP contribution in [-0.2, 0) is 11.3 Å². The Balaban J connectivity index is 1.43. The van der Waals surface area contributed by atoms with E-state index in [-0.39, 0.29) is 5.91 Å². The number of rotatable bonds is 7. The summed E-state index contributed by atoms with van der Waals surface area (Å²) in [6.07, 6.45) is 4.42. The molecule has 0 aromatic heterocycles. The van der Waals surface area contributed by atoms with Gasteiger partial charge >= 0.3 is 0 Å². The molecule has 1 aliphatic heterocycles. The molecule has 1 heterocycles.